The zero-order chi connectivity index (χ0) is 12.5. The molecule has 0 amide bonds. The number of hydrogen-bond acceptors (Lipinski definition) is 3. The smallest absolute Gasteiger partial charge is 0.103 e. The molecule has 3 fully saturated rings. The number of nitrogens with two attached hydrogens (primary N) is 1. The number of benzene rings is 1. The van der Waals surface area contributed by atoms with Gasteiger partial charge < -0.3 is 16.0 Å². The summed E-state index contributed by atoms with van der Waals surface area (Å²) in [6, 6.07) is 8.74. The number of anilines is 1. The van der Waals surface area contributed by atoms with Crippen LogP contribution in [0.15, 0.2) is 24.3 Å². The van der Waals surface area contributed by atoms with Crippen LogP contribution in [0, 0.1) is 5.92 Å². The highest BCUT2D eigenvalue weighted by Gasteiger charge is 2.33. The van der Waals surface area contributed by atoms with Gasteiger partial charge in [-0.25, -0.2) is 0 Å². The molecule has 96 valence electrons. The predicted octanol–water partition coefficient (Wildman–Crippen LogP) is 1.83. The molecule has 3 saturated heterocycles. The number of rotatable bonds is 3. The molecule has 4 rings (SSSR count). The van der Waals surface area contributed by atoms with E-state index in [-0.39, 0.29) is 0 Å². The van der Waals surface area contributed by atoms with Gasteiger partial charge in [0, 0.05) is 23.8 Å². The zero-order valence-corrected chi connectivity index (χ0v) is 11.2. The highest BCUT2D eigenvalue weighted by Crippen LogP contribution is 2.29. The Morgan fingerprint density at radius 2 is 1.89 bits per heavy atom. The molecule has 3 heterocycles. The van der Waals surface area contributed by atoms with Crippen LogP contribution >= 0.6 is 12.2 Å². The van der Waals surface area contributed by atoms with E-state index >= 15 is 0 Å². The van der Waals surface area contributed by atoms with Crippen molar-refractivity contribution in [1.82, 2.24) is 4.90 Å². The minimum atomic E-state index is 0.462. The van der Waals surface area contributed by atoms with E-state index in [1.807, 2.05) is 12.1 Å². The first-order valence-corrected chi connectivity index (χ1v) is 7.02. The van der Waals surface area contributed by atoms with E-state index in [1.54, 1.807) is 0 Å². The normalized spacial score (nSPS) is 30.1. The van der Waals surface area contributed by atoms with Crippen LogP contribution in [0.5, 0.6) is 0 Å². The van der Waals surface area contributed by atoms with Crippen molar-refractivity contribution >= 4 is 22.9 Å². The first kappa shape index (κ1) is 11.9. The second kappa shape index (κ2) is 4.86. The lowest BCUT2D eigenvalue weighted by Gasteiger charge is -2.45. The van der Waals surface area contributed by atoms with Crippen molar-refractivity contribution in [2.24, 2.45) is 11.7 Å². The lowest BCUT2D eigenvalue weighted by atomic mass is 9.84. The second-order valence-corrected chi connectivity index (χ2v) is 5.77. The summed E-state index contributed by atoms with van der Waals surface area (Å²) in [5.41, 5.74) is 7.71. The summed E-state index contributed by atoms with van der Waals surface area (Å²) >= 11 is 4.96. The Morgan fingerprint density at radius 3 is 2.39 bits per heavy atom. The Hall–Kier alpha value is -1.13. The summed E-state index contributed by atoms with van der Waals surface area (Å²) in [5, 5.41) is 3.65. The van der Waals surface area contributed by atoms with Gasteiger partial charge in [0.1, 0.15) is 4.99 Å². The maximum atomic E-state index is 5.60. The van der Waals surface area contributed by atoms with E-state index in [9.17, 15) is 0 Å². The molecule has 0 spiro atoms. The van der Waals surface area contributed by atoms with E-state index in [2.05, 4.69) is 22.3 Å². The van der Waals surface area contributed by atoms with Gasteiger partial charge >= 0.3 is 0 Å². The first-order valence-electron chi connectivity index (χ1n) is 6.61. The number of piperidine rings is 3. The lowest BCUT2D eigenvalue weighted by molar-refractivity contribution is 0.0975. The highest BCUT2D eigenvalue weighted by molar-refractivity contribution is 7.80. The predicted molar refractivity (Wildman–Crippen MR) is 78.9 cm³/mol. The molecule has 0 radical (unpaired) electrons. The minimum Gasteiger partial charge on any atom is -0.389 e. The molecular weight excluding hydrogens is 242 g/mol. The average molecular weight is 261 g/mol. The van der Waals surface area contributed by atoms with Crippen molar-refractivity contribution in [2.75, 3.05) is 25.0 Å². The van der Waals surface area contributed by atoms with Crippen LogP contribution in [0.3, 0.4) is 0 Å². The molecule has 3 N–H and O–H groups in total. The van der Waals surface area contributed by atoms with Gasteiger partial charge in [-0.2, -0.15) is 0 Å². The number of fused-ring (bicyclic) bond motifs is 3. The molecule has 0 aliphatic carbocycles. The van der Waals surface area contributed by atoms with E-state index in [1.165, 1.54) is 38.2 Å². The topological polar surface area (TPSA) is 41.3 Å². The van der Waals surface area contributed by atoms with Gasteiger partial charge in [0.25, 0.3) is 0 Å². The molecule has 18 heavy (non-hydrogen) atoms. The summed E-state index contributed by atoms with van der Waals surface area (Å²) < 4.78 is 0. The monoisotopic (exact) mass is 261 g/mol. The van der Waals surface area contributed by atoms with Gasteiger partial charge in [-0.3, -0.25) is 0 Å². The van der Waals surface area contributed by atoms with Crippen molar-refractivity contribution in [3.63, 3.8) is 0 Å². The molecule has 0 aromatic heterocycles. The van der Waals surface area contributed by atoms with Crippen molar-refractivity contribution in [3.8, 4) is 0 Å². The third kappa shape index (κ3) is 2.35. The Kier molecular flexibility index (Phi) is 3.22. The molecular formula is C14H19N3S. The fourth-order valence-electron chi connectivity index (χ4n) is 3.07. The van der Waals surface area contributed by atoms with Crippen LogP contribution in [-0.2, 0) is 0 Å². The van der Waals surface area contributed by atoms with Gasteiger partial charge in [0.05, 0.1) is 0 Å². The summed E-state index contributed by atoms with van der Waals surface area (Å²) in [6.45, 7) is 3.74. The number of thiocarbonyl (C=S) groups is 1. The third-order valence-electron chi connectivity index (χ3n) is 4.18. The minimum absolute atomic E-state index is 0.462. The van der Waals surface area contributed by atoms with Crippen LogP contribution in [0.2, 0.25) is 0 Å². The van der Waals surface area contributed by atoms with Crippen molar-refractivity contribution < 1.29 is 0 Å². The van der Waals surface area contributed by atoms with Gasteiger partial charge in [-0.1, -0.05) is 12.2 Å². The van der Waals surface area contributed by atoms with E-state index in [0.717, 1.165) is 11.5 Å². The van der Waals surface area contributed by atoms with Gasteiger partial charge in [-0.15, -0.1) is 0 Å². The SMILES string of the molecule is NC(=S)c1ccc(NC2CN3CCC2CC3)cc1. The van der Waals surface area contributed by atoms with E-state index in [4.69, 9.17) is 18.0 Å². The molecule has 1 atom stereocenters. The Morgan fingerprint density at radius 1 is 1.22 bits per heavy atom. The number of hydrogen-bond donors (Lipinski definition) is 2. The molecule has 1 aromatic rings. The summed E-state index contributed by atoms with van der Waals surface area (Å²) in [5.74, 6) is 0.838. The second-order valence-electron chi connectivity index (χ2n) is 5.33. The fraction of sp³-hybridized carbons (Fsp3) is 0.500. The van der Waals surface area contributed by atoms with Crippen LogP contribution in [0.25, 0.3) is 0 Å². The van der Waals surface area contributed by atoms with E-state index < -0.39 is 0 Å². The average Bonchev–Trinajstić information content (AvgIpc) is 2.41. The van der Waals surface area contributed by atoms with Crippen molar-refractivity contribution in [2.45, 2.75) is 18.9 Å². The van der Waals surface area contributed by atoms with E-state index in [0.29, 0.717) is 11.0 Å². The molecule has 3 aliphatic heterocycles. The largest absolute Gasteiger partial charge is 0.389 e. The summed E-state index contributed by atoms with van der Waals surface area (Å²) in [6.07, 6.45) is 2.67. The van der Waals surface area contributed by atoms with Crippen molar-refractivity contribution in [1.29, 1.82) is 0 Å². The summed E-state index contributed by atoms with van der Waals surface area (Å²) in [7, 11) is 0. The van der Waals surface area contributed by atoms with Gasteiger partial charge in [0.15, 0.2) is 0 Å². The fourth-order valence-corrected chi connectivity index (χ4v) is 3.21. The molecule has 1 aromatic carbocycles. The Balaban J connectivity index is 1.67. The number of nitrogens with one attached hydrogen (secondary N) is 1. The lowest BCUT2D eigenvalue weighted by Crippen LogP contribution is -2.53. The van der Waals surface area contributed by atoms with Gasteiger partial charge in [-0.05, 0) is 56.1 Å². The Bertz CT molecular complexity index is 435. The number of nitrogens with zero attached hydrogens (tertiary/aromatic N) is 1. The van der Waals surface area contributed by atoms with Crippen LogP contribution in [0.4, 0.5) is 5.69 Å². The molecule has 3 nitrogen and oxygen atoms in total. The maximum Gasteiger partial charge on any atom is 0.103 e. The molecule has 4 heteroatoms. The Labute approximate surface area is 113 Å². The molecule has 3 aliphatic rings. The third-order valence-corrected chi connectivity index (χ3v) is 4.41. The maximum absolute atomic E-state index is 5.60. The molecule has 2 bridgehead atoms. The standard InChI is InChI=1S/C14H19N3S/c15-14(18)11-1-3-12(4-2-11)16-13-9-17-7-5-10(13)6-8-17/h1-4,10,13,16H,5-9H2,(H2,15,18). The van der Waals surface area contributed by atoms with Crippen molar-refractivity contribution in [3.05, 3.63) is 29.8 Å². The quantitative estimate of drug-likeness (QED) is 0.815. The van der Waals surface area contributed by atoms with Gasteiger partial charge in [0.2, 0.25) is 0 Å². The van der Waals surface area contributed by atoms with Crippen LogP contribution < -0.4 is 11.1 Å². The summed E-state index contributed by atoms with van der Waals surface area (Å²) in [4.78, 5) is 3.02. The molecule has 0 saturated carbocycles. The molecule has 1 unspecified atom stereocenters. The zero-order valence-electron chi connectivity index (χ0n) is 10.4. The van der Waals surface area contributed by atoms with Crippen LogP contribution in [-0.4, -0.2) is 35.6 Å². The first-order chi connectivity index (χ1) is 8.72. The van der Waals surface area contributed by atoms with Crippen LogP contribution in [0.1, 0.15) is 18.4 Å². The highest BCUT2D eigenvalue weighted by atomic mass is 32.1.